The van der Waals surface area contributed by atoms with Crippen molar-refractivity contribution >= 4 is 29.5 Å². The molecule has 0 saturated heterocycles. The maximum absolute atomic E-state index is 11.3. The molecule has 0 fully saturated rings. The van der Waals surface area contributed by atoms with Crippen LogP contribution in [0.25, 0.3) is 0 Å². The number of carboxylic acids is 1. The second-order valence-electron chi connectivity index (χ2n) is 6.01. The number of nitrogens with one attached hydrogen (secondary N) is 1. The van der Waals surface area contributed by atoms with Gasteiger partial charge in [-0.1, -0.05) is 41.9 Å². The molecular weight excluding hydrogens is 392 g/mol. The van der Waals surface area contributed by atoms with Crippen molar-refractivity contribution in [2.75, 3.05) is 12.5 Å². The molecule has 0 radical (unpaired) electrons. The minimum atomic E-state index is -1.02. The van der Waals surface area contributed by atoms with Gasteiger partial charge in [-0.2, -0.15) is 5.10 Å². The van der Waals surface area contributed by atoms with E-state index in [-0.39, 0.29) is 5.56 Å². The first-order valence-electron chi connectivity index (χ1n) is 8.74. The molecule has 0 unspecified atom stereocenters. The zero-order valence-electron chi connectivity index (χ0n) is 15.6. The average Bonchev–Trinajstić information content (AvgIpc) is 2.73. The number of halogens is 1. The number of methoxy groups -OCH3 is 1. The average molecular weight is 411 g/mol. The molecule has 7 heteroatoms. The summed E-state index contributed by atoms with van der Waals surface area (Å²) in [6.45, 7) is 0.293. The summed E-state index contributed by atoms with van der Waals surface area (Å²) in [6, 6.07) is 19.4. The van der Waals surface area contributed by atoms with E-state index < -0.39 is 5.97 Å². The lowest BCUT2D eigenvalue weighted by Crippen LogP contribution is -2.02. The molecule has 0 bridgehead atoms. The maximum Gasteiger partial charge on any atom is 0.337 e. The summed E-state index contributed by atoms with van der Waals surface area (Å²) < 4.78 is 11.2. The highest BCUT2D eigenvalue weighted by Gasteiger charge is 2.09. The molecule has 0 aliphatic rings. The number of nitrogens with zero attached hydrogens (tertiary/aromatic N) is 1. The van der Waals surface area contributed by atoms with E-state index in [0.29, 0.717) is 28.8 Å². The van der Waals surface area contributed by atoms with Crippen molar-refractivity contribution in [3.8, 4) is 11.5 Å². The van der Waals surface area contributed by atoms with Crippen LogP contribution >= 0.6 is 11.6 Å². The van der Waals surface area contributed by atoms with Crippen molar-refractivity contribution in [2.24, 2.45) is 5.10 Å². The second-order valence-corrected chi connectivity index (χ2v) is 6.42. The van der Waals surface area contributed by atoms with Crippen molar-refractivity contribution in [1.29, 1.82) is 0 Å². The molecular formula is C22H19ClN2O4. The second kappa shape index (κ2) is 9.61. The lowest BCUT2D eigenvalue weighted by molar-refractivity contribution is 0.0698. The number of hydrazone groups is 1. The fraction of sp³-hybridized carbons (Fsp3) is 0.0909. The van der Waals surface area contributed by atoms with Gasteiger partial charge in [-0.15, -0.1) is 0 Å². The van der Waals surface area contributed by atoms with Crippen molar-refractivity contribution in [3.63, 3.8) is 0 Å². The van der Waals surface area contributed by atoms with Crippen molar-refractivity contribution in [1.82, 2.24) is 0 Å². The normalized spacial score (nSPS) is 10.7. The number of hydrogen-bond acceptors (Lipinski definition) is 5. The SMILES string of the molecule is COc1ccc(/C=N/Nc2ccccc2C(=O)O)cc1OCc1ccccc1Cl. The van der Waals surface area contributed by atoms with Gasteiger partial charge in [0.05, 0.1) is 24.6 Å². The van der Waals surface area contributed by atoms with Crippen LogP contribution in [0.4, 0.5) is 5.69 Å². The first-order valence-corrected chi connectivity index (χ1v) is 9.12. The molecule has 0 atom stereocenters. The van der Waals surface area contributed by atoms with Crippen LogP contribution in [-0.4, -0.2) is 24.4 Å². The van der Waals surface area contributed by atoms with Crippen LogP contribution < -0.4 is 14.9 Å². The third-order valence-electron chi connectivity index (χ3n) is 4.08. The number of hydrogen-bond donors (Lipinski definition) is 2. The molecule has 0 spiro atoms. The summed E-state index contributed by atoms with van der Waals surface area (Å²) in [7, 11) is 1.57. The van der Waals surface area contributed by atoms with Crippen LogP contribution in [0.1, 0.15) is 21.5 Å². The lowest BCUT2D eigenvalue weighted by Gasteiger charge is -2.12. The molecule has 3 aromatic rings. The Bertz CT molecular complexity index is 1040. The zero-order chi connectivity index (χ0) is 20.6. The molecule has 0 heterocycles. The Hall–Kier alpha value is -3.51. The highest BCUT2D eigenvalue weighted by molar-refractivity contribution is 6.31. The number of anilines is 1. The molecule has 3 rings (SSSR count). The molecule has 6 nitrogen and oxygen atoms in total. The largest absolute Gasteiger partial charge is 0.493 e. The van der Waals surface area contributed by atoms with Gasteiger partial charge in [-0.25, -0.2) is 4.79 Å². The highest BCUT2D eigenvalue weighted by Crippen LogP contribution is 2.29. The van der Waals surface area contributed by atoms with Crippen LogP contribution in [-0.2, 0) is 6.61 Å². The Kier molecular flexibility index (Phi) is 6.71. The maximum atomic E-state index is 11.3. The van der Waals surface area contributed by atoms with E-state index in [1.54, 1.807) is 49.7 Å². The number of ether oxygens (including phenoxy) is 2. The smallest absolute Gasteiger partial charge is 0.337 e. The predicted octanol–water partition coefficient (Wildman–Crippen LogP) is 5.07. The summed E-state index contributed by atoms with van der Waals surface area (Å²) in [4.78, 5) is 11.3. The number of rotatable bonds is 8. The van der Waals surface area contributed by atoms with E-state index >= 15 is 0 Å². The monoisotopic (exact) mass is 410 g/mol. The van der Waals surface area contributed by atoms with Crippen LogP contribution in [0.3, 0.4) is 0 Å². The van der Waals surface area contributed by atoms with Gasteiger partial charge in [-0.3, -0.25) is 5.43 Å². The van der Waals surface area contributed by atoms with Crippen LogP contribution in [0, 0.1) is 0 Å². The molecule has 3 aromatic carbocycles. The Balaban J connectivity index is 1.74. The van der Waals surface area contributed by atoms with Crippen LogP contribution in [0.5, 0.6) is 11.5 Å². The van der Waals surface area contributed by atoms with Crippen LogP contribution in [0.2, 0.25) is 5.02 Å². The van der Waals surface area contributed by atoms with Gasteiger partial charge in [0.1, 0.15) is 6.61 Å². The fourth-order valence-corrected chi connectivity index (χ4v) is 2.79. The van der Waals surface area contributed by atoms with Gasteiger partial charge in [0.2, 0.25) is 0 Å². The topological polar surface area (TPSA) is 80.2 Å². The molecule has 0 saturated carbocycles. The number of aromatic carboxylic acids is 1. The van der Waals surface area contributed by atoms with E-state index in [0.717, 1.165) is 11.1 Å². The molecule has 0 aromatic heterocycles. The molecule has 2 N–H and O–H groups in total. The van der Waals surface area contributed by atoms with Crippen molar-refractivity contribution in [3.05, 3.63) is 88.4 Å². The first-order chi connectivity index (χ1) is 14.1. The molecule has 0 amide bonds. The molecule has 0 aliphatic heterocycles. The third-order valence-corrected chi connectivity index (χ3v) is 4.45. The van der Waals surface area contributed by atoms with E-state index in [2.05, 4.69) is 10.5 Å². The Morgan fingerprint density at radius 1 is 1.10 bits per heavy atom. The van der Waals surface area contributed by atoms with E-state index in [1.807, 2.05) is 24.3 Å². The van der Waals surface area contributed by atoms with Gasteiger partial charge in [0.15, 0.2) is 11.5 Å². The van der Waals surface area contributed by atoms with Gasteiger partial charge in [-0.05, 0) is 42.0 Å². The summed E-state index contributed by atoms with van der Waals surface area (Å²) in [5.74, 6) is 0.101. The van der Waals surface area contributed by atoms with Gasteiger partial charge >= 0.3 is 5.97 Å². The lowest BCUT2D eigenvalue weighted by atomic mass is 10.2. The van der Waals surface area contributed by atoms with Crippen molar-refractivity contribution < 1.29 is 19.4 Å². The van der Waals surface area contributed by atoms with Gasteiger partial charge < -0.3 is 14.6 Å². The molecule has 148 valence electrons. The number of carbonyl (C=O) groups is 1. The van der Waals surface area contributed by atoms with E-state index in [4.69, 9.17) is 21.1 Å². The van der Waals surface area contributed by atoms with Crippen molar-refractivity contribution in [2.45, 2.75) is 6.61 Å². The predicted molar refractivity (Wildman–Crippen MR) is 113 cm³/mol. The Morgan fingerprint density at radius 2 is 1.86 bits per heavy atom. The Labute approximate surface area is 173 Å². The zero-order valence-corrected chi connectivity index (χ0v) is 16.4. The fourth-order valence-electron chi connectivity index (χ4n) is 2.60. The summed E-state index contributed by atoms with van der Waals surface area (Å²) in [5, 5.41) is 14.0. The highest BCUT2D eigenvalue weighted by atomic mass is 35.5. The third kappa shape index (κ3) is 5.27. The number of carboxylic acid groups (broad SMARTS) is 1. The summed E-state index contributed by atoms with van der Waals surface area (Å²) in [6.07, 6.45) is 1.57. The Morgan fingerprint density at radius 3 is 2.62 bits per heavy atom. The summed E-state index contributed by atoms with van der Waals surface area (Å²) >= 11 is 6.17. The minimum absolute atomic E-state index is 0.142. The summed E-state index contributed by atoms with van der Waals surface area (Å²) in [5.41, 5.74) is 4.91. The van der Waals surface area contributed by atoms with Gasteiger partial charge in [0, 0.05) is 10.6 Å². The van der Waals surface area contributed by atoms with E-state index in [9.17, 15) is 9.90 Å². The quantitative estimate of drug-likeness (QED) is 0.400. The molecule has 0 aliphatic carbocycles. The van der Waals surface area contributed by atoms with E-state index in [1.165, 1.54) is 6.07 Å². The minimum Gasteiger partial charge on any atom is -0.493 e. The first kappa shape index (κ1) is 20.2. The number of benzene rings is 3. The molecule has 29 heavy (non-hydrogen) atoms. The van der Waals surface area contributed by atoms with Gasteiger partial charge in [0.25, 0.3) is 0 Å². The number of para-hydroxylation sites is 1. The van der Waals surface area contributed by atoms with Crippen LogP contribution in [0.15, 0.2) is 71.8 Å². The standard InChI is InChI=1S/C22H19ClN2O4/c1-28-20-11-10-15(12-21(20)29-14-16-6-2-4-8-18(16)23)13-24-25-19-9-5-3-7-17(19)22(26)27/h2-13,25H,14H2,1H3,(H,26,27)/b24-13+.